The molecular weight excluding hydrogens is 308 g/mol. The van der Waals surface area contributed by atoms with Crippen molar-refractivity contribution in [3.8, 4) is 11.5 Å². The monoisotopic (exact) mass is 328 g/mol. The smallest absolute Gasteiger partial charge is 0.270 e. The van der Waals surface area contributed by atoms with Crippen LogP contribution >= 0.6 is 0 Å². The van der Waals surface area contributed by atoms with E-state index in [1.807, 2.05) is 25.1 Å². The number of carbonyl (C=O) groups is 1. The normalized spacial score (nSPS) is 10.8. The van der Waals surface area contributed by atoms with Crippen LogP contribution in [0.1, 0.15) is 22.0 Å². The van der Waals surface area contributed by atoms with Crippen molar-refractivity contribution in [3.05, 3.63) is 47.5 Å². The Morgan fingerprint density at radius 3 is 2.62 bits per heavy atom. The third-order valence-corrected chi connectivity index (χ3v) is 3.91. The first kappa shape index (κ1) is 16.0. The number of nitrogens with zero attached hydrogens (tertiary/aromatic N) is 1. The lowest BCUT2D eigenvalue weighted by Crippen LogP contribution is -2.26. The Labute approximate surface area is 140 Å². The summed E-state index contributed by atoms with van der Waals surface area (Å²) in [5.41, 5.74) is 1.31. The third-order valence-electron chi connectivity index (χ3n) is 3.91. The SMILES string of the molecule is COc1ccc2[nH]c(C(=O)N(C)Cc3ccc(C)o3)cc2c1OC. The number of rotatable bonds is 5. The molecule has 0 saturated carbocycles. The highest BCUT2D eigenvalue weighted by molar-refractivity contribution is 6.00. The van der Waals surface area contributed by atoms with Gasteiger partial charge in [-0.1, -0.05) is 0 Å². The van der Waals surface area contributed by atoms with Gasteiger partial charge in [-0.2, -0.15) is 0 Å². The lowest BCUT2D eigenvalue weighted by atomic mass is 10.2. The molecule has 3 aromatic rings. The number of ether oxygens (including phenoxy) is 2. The number of aromatic nitrogens is 1. The summed E-state index contributed by atoms with van der Waals surface area (Å²) < 4.78 is 16.2. The van der Waals surface area contributed by atoms with Crippen molar-refractivity contribution in [1.29, 1.82) is 0 Å². The number of hydrogen-bond acceptors (Lipinski definition) is 4. The van der Waals surface area contributed by atoms with E-state index in [1.54, 1.807) is 38.3 Å². The number of aryl methyl sites for hydroxylation is 1. The first-order valence-electron chi connectivity index (χ1n) is 7.58. The van der Waals surface area contributed by atoms with Gasteiger partial charge in [-0.05, 0) is 37.3 Å². The molecule has 2 aromatic heterocycles. The molecule has 2 heterocycles. The van der Waals surface area contributed by atoms with Crippen LogP contribution in [0.15, 0.2) is 34.7 Å². The van der Waals surface area contributed by atoms with E-state index in [0.29, 0.717) is 23.7 Å². The van der Waals surface area contributed by atoms with Crippen molar-refractivity contribution in [2.75, 3.05) is 21.3 Å². The maximum Gasteiger partial charge on any atom is 0.270 e. The predicted octanol–water partition coefficient (Wildman–Crippen LogP) is 3.36. The van der Waals surface area contributed by atoms with Crippen LogP contribution < -0.4 is 9.47 Å². The molecule has 0 aliphatic carbocycles. The Hall–Kier alpha value is -2.89. The van der Waals surface area contributed by atoms with E-state index >= 15 is 0 Å². The number of hydrogen-bond donors (Lipinski definition) is 1. The molecule has 0 spiro atoms. The summed E-state index contributed by atoms with van der Waals surface area (Å²) in [5.74, 6) is 2.69. The summed E-state index contributed by atoms with van der Waals surface area (Å²) in [5, 5.41) is 0.808. The van der Waals surface area contributed by atoms with Crippen LogP contribution in [0, 0.1) is 6.92 Å². The van der Waals surface area contributed by atoms with Gasteiger partial charge in [0.1, 0.15) is 17.2 Å². The van der Waals surface area contributed by atoms with Gasteiger partial charge >= 0.3 is 0 Å². The van der Waals surface area contributed by atoms with Gasteiger partial charge in [-0.3, -0.25) is 4.79 Å². The molecule has 0 aliphatic rings. The zero-order chi connectivity index (χ0) is 17.3. The number of nitrogens with one attached hydrogen (secondary N) is 1. The van der Waals surface area contributed by atoms with Gasteiger partial charge in [0, 0.05) is 12.4 Å². The maximum absolute atomic E-state index is 12.7. The van der Waals surface area contributed by atoms with Crippen molar-refractivity contribution in [2.24, 2.45) is 0 Å². The van der Waals surface area contributed by atoms with E-state index in [0.717, 1.165) is 22.4 Å². The average molecular weight is 328 g/mol. The zero-order valence-corrected chi connectivity index (χ0v) is 14.2. The summed E-state index contributed by atoms with van der Waals surface area (Å²) in [6.07, 6.45) is 0. The van der Waals surface area contributed by atoms with Gasteiger partial charge < -0.3 is 23.8 Å². The van der Waals surface area contributed by atoms with Gasteiger partial charge in [0.25, 0.3) is 5.91 Å². The highest BCUT2D eigenvalue weighted by Crippen LogP contribution is 2.35. The molecule has 126 valence electrons. The van der Waals surface area contributed by atoms with Crippen molar-refractivity contribution in [2.45, 2.75) is 13.5 Å². The summed E-state index contributed by atoms with van der Waals surface area (Å²) >= 11 is 0. The molecule has 0 fully saturated rings. The molecule has 3 rings (SSSR count). The lowest BCUT2D eigenvalue weighted by Gasteiger charge is -2.14. The Morgan fingerprint density at radius 2 is 2.00 bits per heavy atom. The Bertz CT molecular complexity index is 878. The molecule has 0 atom stereocenters. The lowest BCUT2D eigenvalue weighted by molar-refractivity contribution is 0.0770. The predicted molar refractivity (Wildman–Crippen MR) is 90.6 cm³/mol. The van der Waals surface area contributed by atoms with Crippen molar-refractivity contribution < 1.29 is 18.7 Å². The number of aromatic amines is 1. The third kappa shape index (κ3) is 2.82. The standard InChI is InChI=1S/C18H20N2O4/c1-11-5-6-12(24-11)10-20(2)18(21)15-9-13-14(19-15)7-8-16(22-3)17(13)23-4/h5-9,19H,10H2,1-4H3. The van der Waals surface area contributed by atoms with Crippen LogP contribution in [0.25, 0.3) is 10.9 Å². The Balaban J connectivity index is 1.89. The van der Waals surface area contributed by atoms with Crippen LogP contribution in [-0.2, 0) is 6.54 Å². The fraction of sp³-hybridized carbons (Fsp3) is 0.278. The molecule has 24 heavy (non-hydrogen) atoms. The highest BCUT2D eigenvalue weighted by Gasteiger charge is 2.18. The molecule has 0 saturated heterocycles. The van der Waals surface area contributed by atoms with Crippen LogP contribution in [0.2, 0.25) is 0 Å². The molecule has 6 nitrogen and oxygen atoms in total. The number of H-pyrrole nitrogens is 1. The number of fused-ring (bicyclic) bond motifs is 1. The van der Waals surface area contributed by atoms with E-state index in [1.165, 1.54) is 0 Å². The zero-order valence-electron chi connectivity index (χ0n) is 14.2. The number of carbonyl (C=O) groups excluding carboxylic acids is 1. The van der Waals surface area contributed by atoms with Crippen molar-refractivity contribution in [1.82, 2.24) is 9.88 Å². The second kappa shape index (κ2) is 6.31. The minimum atomic E-state index is -0.124. The number of methoxy groups -OCH3 is 2. The van der Waals surface area contributed by atoms with Gasteiger partial charge in [0.2, 0.25) is 0 Å². The average Bonchev–Trinajstić information content (AvgIpc) is 3.18. The van der Waals surface area contributed by atoms with Gasteiger partial charge in [0.15, 0.2) is 11.5 Å². The minimum Gasteiger partial charge on any atom is -0.493 e. The number of benzene rings is 1. The van der Waals surface area contributed by atoms with Gasteiger partial charge in [-0.15, -0.1) is 0 Å². The summed E-state index contributed by atoms with van der Waals surface area (Å²) in [6, 6.07) is 9.21. The first-order valence-corrected chi connectivity index (χ1v) is 7.58. The van der Waals surface area contributed by atoms with Gasteiger partial charge in [0.05, 0.1) is 26.3 Å². The van der Waals surface area contributed by atoms with Crippen LogP contribution in [0.5, 0.6) is 11.5 Å². The summed E-state index contributed by atoms with van der Waals surface area (Å²) in [4.78, 5) is 17.4. The van der Waals surface area contributed by atoms with E-state index < -0.39 is 0 Å². The highest BCUT2D eigenvalue weighted by atomic mass is 16.5. The second-order valence-corrected chi connectivity index (χ2v) is 5.62. The molecule has 1 amide bonds. The topological polar surface area (TPSA) is 67.7 Å². The van der Waals surface area contributed by atoms with Crippen molar-refractivity contribution >= 4 is 16.8 Å². The number of furan rings is 1. The van der Waals surface area contributed by atoms with E-state index in [4.69, 9.17) is 13.9 Å². The molecular formula is C18H20N2O4. The first-order chi connectivity index (χ1) is 11.5. The van der Waals surface area contributed by atoms with Gasteiger partial charge in [-0.25, -0.2) is 0 Å². The van der Waals surface area contributed by atoms with E-state index in [2.05, 4.69) is 4.98 Å². The largest absolute Gasteiger partial charge is 0.493 e. The second-order valence-electron chi connectivity index (χ2n) is 5.62. The quantitative estimate of drug-likeness (QED) is 0.780. The van der Waals surface area contributed by atoms with Crippen LogP contribution in [-0.4, -0.2) is 37.1 Å². The summed E-state index contributed by atoms with van der Waals surface area (Å²) in [6.45, 7) is 2.28. The molecule has 1 aromatic carbocycles. The van der Waals surface area contributed by atoms with E-state index in [-0.39, 0.29) is 5.91 Å². The minimum absolute atomic E-state index is 0.124. The molecule has 0 bridgehead atoms. The molecule has 0 radical (unpaired) electrons. The molecule has 0 unspecified atom stereocenters. The van der Waals surface area contributed by atoms with Crippen LogP contribution in [0.4, 0.5) is 0 Å². The number of amides is 1. The molecule has 0 aliphatic heterocycles. The van der Waals surface area contributed by atoms with Crippen LogP contribution in [0.3, 0.4) is 0 Å². The maximum atomic E-state index is 12.7. The molecule has 1 N–H and O–H groups in total. The van der Waals surface area contributed by atoms with E-state index in [9.17, 15) is 4.79 Å². The Morgan fingerprint density at radius 1 is 1.21 bits per heavy atom. The fourth-order valence-electron chi connectivity index (χ4n) is 2.73. The Kier molecular flexibility index (Phi) is 4.20. The van der Waals surface area contributed by atoms with Crippen molar-refractivity contribution in [3.63, 3.8) is 0 Å². The molecule has 6 heteroatoms. The summed E-state index contributed by atoms with van der Waals surface area (Å²) in [7, 11) is 4.90. The fourth-order valence-corrected chi connectivity index (χ4v) is 2.73.